The summed E-state index contributed by atoms with van der Waals surface area (Å²) >= 11 is 0. The lowest BCUT2D eigenvalue weighted by molar-refractivity contribution is -0.384. The number of nitro groups is 1. The Morgan fingerprint density at radius 1 is 1.31 bits per heavy atom. The Bertz CT molecular complexity index is 893. The molecule has 0 saturated heterocycles. The number of fused-ring (bicyclic) bond motifs is 1. The van der Waals surface area contributed by atoms with Crippen molar-refractivity contribution in [3.05, 3.63) is 63.7 Å². The summed E-state index contributed by atoms with van der Waals surface area (Å²) in [4.78, 5) is 27.4. The van der Waals surface area contributed by atoms with E-state index in [1.807, 2.05) is 6.92 Å². The summed E-state index contributed by atoms with van der Waals surface area (Å²) in [7, 11) is 1.56. The van der Waals surface area contributed by atoms with Crippen molar-refractivity contribution in [3.8, 4) is 11.5 Å². The highest BCUT2D eigenvalue weighted by molar-refractivity contribution is 6.04. The van der Waals surface area contributed by atoms with Crippen LogP contribution in [-0.4, -0.2) is 29.8 Å². The number of nitro benzene ring substituents is 1. The van der Waals surface area contributed by atoms with Crippen molar-refractivity contribution in [1.29, 1.82) is 0 Å². The van der Waals surface area contributed by atoms with Gasteiger partial charge in [-0.15, -0.1) is 0 Å². The van der Waals surface area contributed by atoms with Crippen LogP contribution in [0.5, 0.6) is 11.5 Å². The fourth-order valence-electron chi connectivity index (χ4n) is 2.59. The van der Waals surface area contributed by atoms with E-state index < -0.39 is 10.9 Å². The van der Waals surface area contributed by atoms with Crippen LogP contribution in [0, 0.1) is 10.1 Å². The Hall–Kier alpha value is -3.42. The fraction of sp³-hybridized carbons (Fsp3) is 0.222. The zero-order valence-electron chi connectivity index (χ0n) is 14.2. The number of methoxy groups -OCH3 is 1. The molecule has 134 valence electrons. The molecule has 0 unspecified atom stereocenters. The maximum Gasteiger partial charge on any atom is 0.365 e. The third kappa shape index (κ3) is 3.64. The molecule has 1 heterocycles. The second kappa shape index (κ2) is 7.22. The third-order valence-electron chi connectivity index (χ3n) is 3.84. The summed E-state index contributed by atoms with van der Waals surface area (Å²) in [5, 5.41) is 14.8. The highest BCUT2D eigenvalue weighted by Crippen LogP contribution is 2.31. The molecule has 1 aliphatic heterocycles. The van der Waals surface area contributed by atoms with Crippen LogP contribution in [0.25, 0.3) is 0 Å². The molecule has 0 spiro atoms. The van der Waals surface area contributed by atoms with Crippen molar-refractivity contribution in [3.63, 3.8) is 0 Å². The Kier molecular flexibility index (Phi) is 4.83. The number of nitrogens with zero attached hydrogens (tertiary/aromatic N) is 2. The van der Waals surface area contributed by atoms with Crippen LogP contribution < -0.4 is 9.47 Å². The van der Waals surface area contributed by atoms with Gasteiger partial charge in [0.25, 0.3) is 5.69 Å². The Morgan fingerprint density at radius 2 is 2.12 bits per heavy atom. The van der Waals surface area contributed by atoms with Gasteiger partial charge in [-0.1, -0.05) is 11.2 Å². The number of hydrogen-bond acceptors (Lipinski definition) is 7. The first-order chi connectivity index (χ1) is 12.5. The lowest BCUT2D eigenvalue weighted by Crippen LogP contribution is -2.25. The van der Waals surface area contributed by atoms with E-state index in [4.69, 9.17) is 14.3 Å². The number of benzene rings is 2. The number of hydrogen-bond donors (Lipinski definition) is 0. The summed E-state index contributed by atoms with van der Waals surface area (Å²) < 4.78 is 10.9. The molecule has 0 saturated carbocycles. The molecule has 0 fully saturated rings. The number of non-ortho nitro benzene ring substituents is 1. The zero-order chi connectivity index (χ0) is 18.7. The van der Waals surface area contributed by atoms with E-state index in [2.05, 4.69) is 5.16 Å². The first kappa shape index (κ1) is 17.4. The molecule has 26 heavy (non-hydrogen) atoms. The Labute approximate surface area is 149 Å². The minimum Gasteiger partial charge on any atom is -0.497 e. The molecule has 0 amide bonds. The van der Waals surface area contributed by atoms with Gasteiger partial charge in [0, 0.05) is 30.2 Å². The van der Waals surface area contributed by atoms with Gasteiger partial charge in [-0.3, -0.25) is 10.1 Å². The van der Waals surface area contributed by atoms with Crippen LogP contribution in [0.3, 0.4) is 0 Å². The van der Waals surface area contributed by atoms with E-state index in [1.165, 1.54) is 18.2 Å². The minimum absolute atomic E-state index is 0.0543. The predicted molar refractivity (Wildman–Crippen MR) is 92.7 cm³/mol. The van der Waals surface area contributed by atoms with E-state index in [1.54, 1.807) is 25.3 Å². The van der Waals surface area contributed by atoms with Crippen molar-refractivity contribution in [2.24, 2.45) is 5.16 Å². The first-order valence-electron chi connectivity index (χ1n) is 7.85. The quantitative estimate of drug-likeness (QED) is 0.473. The monoisotopic (exact) mass is 356 g/mol. The van der Waals surface area contributed by atoms with Crippen LogP contribution in [0.1, 0.15) is 29.3 Å². The zero-order valence-corrected chi connectivity index (χ0v) is 14.2. The summed E-state index contributed by atoms with van der Waals surface area (Å²) in [6.45, 7) is 1.88. The van der Waals surface area contributed by atoms with E-state index in [0.29, 0.717) is 29.2 Å². The maximum atomic E-state index is 12.2. The highest BCUT2D eigenvalue weighted by Gasteiger charge is 2.24. The van der Waals surface area contributed by atoms with Crippen molar-refractivity contribution in [2.75, 3.05) is 7.11 Å². The van der Waals surface area contributed by atoms with Gasteiger partial charge in [0.05, 0.1) is 23.3 Å². The molecule has 0 bridgehead atoms. The van der Waals surface area contributed by atoms with Crippen LogP contribution in [0.15, 0.2) is 47.6 Å². The fourth-order valence-corrected chi connectivity index (χ4v) is 2.59. The maximum absolute atomic E-state index is 12.2. The number of oxime groups is 1. The van der Waals surface area contributed by atoms with Gasteiger partial charge in [-0.25, -0.2) is 4.79 Å². The van der Waals surface area contributed by atoms with E-state index in [0.717, 1.165) is 6.07 Å². The number of carbonyl (C=O) groups excluding carboxylic acids is 1. The topological polar surface area (TPSA) is 100 Å². The van der Waals surface area contributed by atoms with Crippen LogP contribution >= 0.6 is 0 Å². The van der Waals surface area contributed by atoms with Gasteiger partial charge in [0.2, 0.25) is 0 Å². The Balaban J connectivity index is 1.83. The minimum atomic E-state index is -0.768. The largest absolute Gasteiger partial charge is 0.497 e. The van der Waals surface area contributed by atoms with E-state index in [-0.39, 0.29) is 17.4 Å². The van der Waals surface area contributed by atoms with E-state index >= 15 is 0 Å². The van der Waals surface area contributed by atoms with Crippen molar-refractivity contribution in [2.45, 2.75) is 19.4 Å². The van der Waals surface area contributed by atoms with Gasteiger partial charge in [-0.2, -0.15) is 0 Å². The lowest BCUT2D eigenvalue weighted by atomic mass is 10.0. The summed E-state index contributed by atoms with van der Waals surface area (Å²) in [6, 6.07) is 10.6. The molecule has 0 radical (unpaired) electrons. The van der Waals surface area contributed by atoms with Gasteiger partial charge in [-0.05, 0) is 25.1 Å². The molecule has 0 aliphatic carbocycles. The molecule has 0 aromatic heterocycles. The first-order valence-corrected chi connectivity index (χ1v) is 7.85. The molecular formula is C18H16N2O6. The smallest absolute Gasteiger partial charge is 0.365 e. The van der Waals surface area contributed by atoms with Gasteiger partial charge < -0.3 is 14.3 Å². The molecule has 8 nitrogen and oxygen atoms in total. The molecule has 1 aliphatic rings. The summed E-state index contributed by atoms with van der Waals surface area (Å²) in [6.07, 6.45) is 0.312. The van der Waals surface area contributed by atoms with Gasteiger partial charge >= 0.3 is 5.97 Å². The molecular weight excluding hydrogens is 340 g/mol. The second-order valence-electron chi connectivity index (χ2n) is 5.72. The average Bonchev–Trinajstić information content (AvgIpc) is 2.65. The number of ether oxygens (including phenoxy) is 2. The van der Waals surface area contributed by atoms with Crippen LogP contribution in [0.2, 0.25) is 0 Å². The number of carbonyl (C=O) groups is 1. The van der Waals surface area contributed by atoms with Crippen molar-refractivity contribution < 1.29 is 24.0 Å². The summed E-state index contributed by atoms with van der Waals surface area (Å²) in [5.74, 6) is 0.467. The molecule has 2 aromatic rings. The second-order valence-corrected chi connectivity index (χ2v) is 5.72. The van der Waals surface area contributed by atoms with Crippen molar-refractivity contribution in [1.82, 2.24) is 0 Å². The molecule has 8 heteroatoms. The van der Waals surface area contributed by atoms with Crippen molar-refractivity contribution >= 4 is 17.4 Å². The van der Waals surface area contributed by atoms with Crippen LogP contribution in [-0.2, 0) is 4.84 Å². The molecule has 2 aromatic carbocycles. The van der Waals surface area contributed by atoms with Crippen LogP contribution in [0.4, 0.5) is 5.69 Å². The third-order valence-corrected chi connectivity index (χ3v) is 3.84. The van der Waals surface area contributed by atoms with Gasteiger partial charge in [0.15, 0.2) is 0 Å². The average molecular weight is 356 g/mol. The molecule has 3 rings (SSSR count). The number of rotatable bonds is 4. The standard InChI is InChI=1S/C18H16N2O6/c1-11-8-16(15-7-6-14(24-2)10-17(15)25-11)19-26-18(21)12-4-3-5-13(9-12)20(22)23/h3-7,9-11H,8H2,1-2H3/b19-16+/t11-/m1/s1. The normalized spacial score (nSPS) is 17.2. The SMILES string of the molecule is COc1ccc2c(c1)O[C@H](C)C/C2=N\OC(=O)c1cccc([N+](=O)[O-])c1. The lowest BCUT2D eigenvalue weighted by Gasteiger charge is -2.24. The summed E-state index contributed by atoms with van der Waals surface area (Å²) in [5.41, 5.74) is 1.12. The Morgan fingerprint density at radius 3 is 2.85 bits per heavy atom. The highest BCUT2D eigenvalue weighted by atomic mass is 16.7. The van der Waals surface area contributed by atoms with Gasteiger partial charge in [0.1, 0.15) is 17.6 Å². The van der Waals surface area contributed by atoms with E-state index in [9.17, 15) is 14.9 Å². The molecule has 1 atom stereocenters. The molecule has 0 N–H and O–H groups in total. The predicted octanol–water partition coefficient (Wildman–Crippen LogP) is 3.34.